The third-order valence-corrected chi connectivity index (χ3v) is 6.67. The molecule has 2 fully saturated rings. The van der Waals surface area contributed by atoms with Crippen molar-refractivity contribution in [2.75, 3.05) is 26.2 Å². The number of carbonyl (C=O) groups is 1. The Bertz CT molecular complexity index is 659. The zero-order valence-electron chi connectivity index (χ0n) is 17.3. The third kappa shape index (κ3) is 5.07. The number of piperidine rings is 1. The van der Waals surface area contributed by atoms with Gasteiger partial charge in [-0.15, -0.1) is 0 Å². The van der Waals surface area contributed by atoms with Gasteiger partial charge in [-0.25, -0.2) is 0 Å². The van der Waals surface area contributed by atoms with E-state index in [1.54, 1.807) is 0 Å². The summed E-state index contributed by atoms with van der Waals surface area (Å²) in [6.07, 6.45) is 3.42. The normalized spacial score (nSPS) is 25.2. The van der Waals surface area contributed by atoms with Crippen LogP contribution in [0.5, 0.6) is 0 Å². The summed E-state index contributed by atoms with van der Waals surface area (Å²) in [5.41, 5.74) is 7.43. The minimum Gasteiger partial charge on any atom is -0.466 e. The van der Waals surface area contributed by atoms with E-state index in [0.717, 1.165) is 49.5 Å². The van der Waals surface area contributed by atoms with Crippen LogP contribution in [0.4, 0.5) is 0 Å². The lowest BCUT2D eigenvalue weighted by Gasteiger charge is -2.40. The third-order valence-electron chi connectivity index (χ3n) is 6.30. The van der Waals surface area contributed by atoms with Gasteiger partial charge in [0.1, 0.15) is 0 Å². The van der Waals surface area contributed by atoms with Gasteiger partial charge in [0.2, 0.25) is 0 Å². The molecule has 28 heavy (non-hydrogen) atoms. The largest absolute Gasteiger partial charge is 0.466 e. The summed E-state index contributed by atoms with van der Waals surface area (Å²) in [6, 6.07) is 8.84. The van der Waals surface area contributed by atoms with Gasteiger partial charge in [-0.2, -0.15) is 0 Å². The second-order valence-corrected chi connectivity index (χ2v) is 9.05. The highest BCUT2D eigenvalue weighted by atomic mass is 35.5. The zero-order chi connectivity index (χ0) is 20.1. The standard InChI is InChI=1S/C22H34ClN3O2/c1-4-28-21(27)22(14-17-7-5-6-8-19(17)23)9-11-26(12-10-22)15-18-13-20(16(2)3)25-24-18/h5-8,16,18,20,24-25H,4,9-15H2,1-3H3. The molecule has 2 aliphatic rings. The van der Waals surface area contributed by atoms with Crippen LogP contribution >= 0.6 is 11.6 Å². The molecule has 2 N–H and O–H groups in total. The number of hydrogen-bond acceptors (Lipinski definition) is 5. The molecule has 2 heterocycles. The summed E-state index contributed by atoms with van der Waals surface area (Å²) in [5.74, 6) is 0.557. The summed E-state index contributed by atoms with van der Waals surface area (Å²) < 4.78 is 5.48. The highest BCUT2D eigenvalue weighted by Gasteiger charge is 2.43. The predicted molar refractivity (Wildman–Crippen MR) is 113 cm³/mol. The molecule has 2 atom stereocenters. The number of rotatable bonds is 7. The monoisotopic (exact) mass is 407 g/mol. The van der Waals surface area contributed by atoms with E-state index in [0.29, 0.717) is 31.0 Å². The van der Waals surface area contributed by atoms with Crippen molar-refractivity contribution in [3.8, 4) is 0 Å². The molecular weight excluding hydrogens is 374 g/mol. The minimum absolute atomic E-state index is 0.0740. The molecule has 5 nitrogen and oxygen atoms in total. The van der Waals surface area contributed by atoms with Crippen LogP contribution in [0, 0.1) is 11.3 Å². The Balaban J connectivity index is 1.62. The number of benzene rings is 1. The molecule has 3 rings (SSSR count). The maximum Gasteiger partial charge on any atom is 0.312 e. The van der Waals surface area contributed by atoms with Crippen LogP contribution in [0.3, 0.4) is 0 Å². The van der Waals surface area contributed by atoms with Crippen molar-refractivity contribution >= 4 is 17.6 Å². The van der Waals surface area contributed by atoms with Gasteiger partial charge in [0.15, 0.2) is 0 Å². The van der Waals surface area contributed by atoms with Crippen molar-refractivity contribution in [3.05, 3.63) is 34.9 Å². The van der Waals surface area contributed by atoms with Gasteiger partial charge < -0.3 is 9.64 Å². The summed E-state index contributed by atoms with van der Waals surface area (Å²) in [7, 11) is 0. The van der Waals surface area contributed by atoms with E-state index in [-0.39, 0.29) is 5.97 Å². The molecule has 0 bridgehead atoms. The molecule has 2 aliphatic heterocycles. The maximum absolute atomic E-state index is 12.9. The fourth-order valence-electron chi connectivity index (χ4n) is 4.43. The zero-order valence-corrected chi connectivity index (χ0v) is 18.1. The number of ether oxygens (including phenoxy) is 1. The highest BCUT2D eigenvalue weighted by molar-refractivity contribution is 6.31. The van der Waals surface area contributed by atoms with Gasteiger partial charge >= 0.3 is 5.97 Å². The second-order valence-electron chi connectivity index (χ2n) is 8.64. The molecule has 6 heteroatoms. The first-order chi connectivity index (χ1) is 13.4. The summed E-state index contributed by atoms with van der Waals surface area (Å²) in [5, 5.41) is 0.731. The first-order valence-corrected chi connectivity index (χ1v) is 11.0. The Morgan fingerprint density at radius 2 is 2.00 bits per heavy atom. The quantitative estimate of drug-likeness (QED) is 0.678. The van der Waals surface area contributed by atoms with Crippen LogP contribution in [0.1, 0.15) is 45.6 Å². The van der Waals surface area contributed by atoms with E-state index in [1.807, 2.05) is 31.2 Å². The molecular formula is C22H34ClN3O2. The molecule has 156 valence electrons. The average molecular weight is 408 g/mol. The van der Waals surface area contributed by atoms with Crippen molar-refractivity contribution in [1.82, 2.24) is 15.8 Å². The summed E-state index contributed by atoms with van der Waals surface area (Å²) in [4.78, 5) is 15.4. The van der Waals surface area contributed by atoms with Crippen molar-refractivity contribution in [2.24, 2.45) is 11.3 Å². The molecule has 0 radical (unpaired) electrons. The van der Waals surface area contributed by atoms with E-state index in [2.05, 4.69) is 29.6 Å². The van der Waals surface area contributed by atoms with E-state index < -0.39 is 5.41 Å². The Morgan fingerprint density at radius 3 is 2.61 bits per heavy atom. The van der Waals surface area contributed by atoms with Crippen molar-refractivity contribution in [3.63, 3.8) is 0 Å². The molecule has 2 saturated heterocycles. The smallest absolute Gasteiger partial charge is 0.312 e. The van der Waals surface area contributed by atoms with Gasteiger partial charge in [0, 0.05) is 23.7 Å². The van der Waals surface area contributed by atoms with Gasteiger partial charge in [-0.05, 0) is 63.2 Å². The van der Waals surface area contributed by atoms with Crippen molar-refractivity contribution in [1.29, 1.82) is 0 Å². The van der Waals surface area contributed by atoms with Crippen LogP contribution in [0.2, 0.25) is 5.02 Å². The average Bonchev–Trinajstić information content (AvgIpc) is 3.14. The molecule has 0 aliphatic carbocycles. The molecule has 0 spiro atoms. The van der Waals surface area contributed by atoms with E-state index >= 15 is 0 Å². The van der Waals surface area contributed by atoms with Crippen LogP contribution in [0.15, 0.2) is 24.3 Å². The fraction of sp³-hybridized carbons (Fsp3) is 0.682. The van der Waals surface area contributed by atoms with Crippen LogP contribution in [0.25, 0.3) is 0 Å². The Kier molecular flexibility index (Phi) is 7.37. The summed E-state index contributed by atoms with van der Waals surface area (Å²) in [6.45, 7) is 9.64. The van der Waals surface area contributed by atoms with Crippen molar-refractivity contribution < 1.29 is 9.53 Å². The van der Waals surface area contributed by atoms with Gasteiger partial charge in [0.05, 0.1) is 12.0 Å². The Morgan fingerprint density at radius 1 is 1.29 bits per heavy atom. The lowest BCUT2D eigenvalue weighted by molar-refractivity contribution is -0.158. The maximum atomic E-state index is 12.9. The molecule has 1 aromatic rings. The minimum atomic E-state index is -0.473. The number of carbonyl (C=O) groups excluding carboxylic acids is 1. The number of hydrogen-bond donors (Lipinski definition) is 2. The molecule has 0 amide bonds. The van der Waals surface area contributed by atoms with Crippen molar-refractivity contribution in [2.45, 2.75) is 58.5 Å². The molecule has 0 aromatic heterocycles. The SMILES string of the molecule is CCOC(=O)C1(Cc2ccccc2Cl)CCN(CC2CC(C(C)C)NN2)CC1. The molecule has 2 unspecified atom stereocenters. The van der Waals surface area contributed by atoms with E-state index in [9.17, 15) is 4.79 Å². The number of likely N-dealkylation sites (tertiary alicyclic amines) is 1. The Hall–Kier alpha value is -1.14. The molecule has 1 aromatic carbocycles. The highest BCUT2D eigenvalue weighted by Crippen LogP contribution is 2.38. The summed E-state index contributed by atoms with van der Waals surface area (Å²) >= 11 is 6.39. The number of esters is 1. The van der Waals surface area contributed by atoms with E-state index in [1.165, 1.54) is 0 Å². The second kappa shape index (κ2) is 9.57. The predicted octanol–water partition coefficient (Wildman–Crippen LogP) is 3.42. The molecule has 0 saturated carbocycles. The first kappa shape index (κ1) is 21.6. The Labute approximate surface area is 174 Å². The topological polar surface area (TPSA) is 53.6 Å². The van der Waals surface area contributed by atoms with Crippen LogP contribution < -0.4 is 10.9 Å². The van der Waals surface area contributed by atoms with Crippen LogP contribution in [-0.2, 0) is 16.0 Å². The number of hydrazine groups is 1. The number of halogens is 1. The van der Waals surface area contributed by atoms with Gasteiger partial charge in [-0.3, -0.25) is 15.6 Å². The first-order valence-electron chi connectivity index (χ1n) is 10.6. The van der Waals surface area contributed by atoms with E-state index in [4.69, 9.17) is 16.3 Å². The van der Waals surface area contributed by atoms with Crippen LogP contribution in [-0.4, -0.2) is 49.2 Å². The lowest BCUT2D eigenvalue weighted by atomic mass is 9.73. The lowest BCUT2D eigenvalue weighted by Crippen LogP contribution is -2.49. The van der Waals surface area contributed by atoms with Gasteiger partial charge in [0.25, 0.3) is 0 Å². The van der Waals surface area contributed by atoms with Gasteiger partial charge in [-0.1, -0.05) is 43.6 Å². The number of nitrogens with zero attached hydrogens (tertiary/aromatic N) is 1. The fourth-order valence-corrected chi connectivity index (χ4v) is 4.63. The number of nitrogens with one attached hydrogen (secondary N) is 2.